The summed E-state index contributed by atoms with van der Waals surface area (Å²) in [7, 11) is 0. The number of benzene rings is 1. The summed E-state index contributed by atoms with van der Waals surface area (Å²) in [5, 5.41) is 10.4. The van der Waals surface area contributed by atoms with Gasteiger partial charge in [-0.25, -0.2) is 0 Å². The van der Waals surface area contributed by atoms with Gasteiger partial charge >= 0.3 is 0 Å². The van der Waals surface area contributed by atoms with E-state index in [1.807, 2.05) is 18.2 Å². The number of carbonyl (C=O) groups excluding carboxylic acids is 1. The van der Waals surface area contributed by atoms with Crippen LogP contribution in [-0.2, 0) is 19.0 Å². The first kappa shape index (κ1) is 17.6. The zero-order valence-electron chi connectivity index (χ0n) is 15.0. The van der Waals surface area contributed by atoms with Crippen LogP contribution >= 0.6 is 11.8 Å². The van der Waals surface area contributed by atoms with Gasteiger partial charge in [-0.05, 0) is 31.5 Å². The van der Waals surface area contributed by atoms with Crippen molar-refractivity contribution in [2.45, 2.75) is 49.6 Å². The van der Waals surface area contributed by atoms with Gasteiger partial charge in [-0.1, -0.05) is 6.07 Å². The van der Waals surface area contributed by atoms with E-state index >= 15 is 0 Å². The molecule has 1 aromatic rings. The number of thioether (sulfide) groups is 1. The number of aliphatic hydroxyl groups is 1. The fourth-order valence-corrected chi connectivity index (χ4v) is 5.09. The van der Waals surface area contributed by atoms with E-state index in [-0.39, 0.29) is 24.6 Å². The second kappa shape index (κ2) is 6.25. The Morgan fingerprint density at radius 1 is 1.26 bits per heavy atom. The largest absolute Gasteiger partial charge is 0.454 e. The van der Waals surface area contributed by atoms with Crippen molar-refractivity contribution in [1.29, 1.82) is 0 Å². The van der Waals surface area contributed by atoms with Gasteiger partial charge in [0.1, 0.15) is 23.7 Å². The monoisotopic (exact) mass is 395 g/mol. The second-order valence-electron chi connectivity index (χ2n) is 7.46. The van der Waals surface area contributed by atoms with Gasteiger partial charge in [-0.3, -0.25) is 4.79 Å². The van der Waals surface area contributed by atoms with Crippen molar-refractivity contribution in [3.8, 4) is 11.5 Å². The normalized spacial score (nSPS) is 36.5. The number of hydrogen-bond donors (Lipinski definition) is 1. The zero-order valence-corrected chi connectivity index (χ0v) is 15.8. The average molecular weight is 395 g/mol. The Balaban J connectivity index is 1.33. The van der Waals surface area contributed by atoms with Gasteiger partial charge in [0.15, 0.2) is 23.6 Å². The molecule has 1 aromatic carbocycles. The second-order valence-corrected chi connectivity index (χ2v) is 8.52. The Morgan fingerprint density at radius 2 is 2.07 bits per heavy atom. The highest BCUT2D eigenvalue weighted by Crippen LogP contribution is 2.44. The van der Waals surface area contributed by atoms with Crippen LogP contribution in [0.1, 0.15) is 24.8 Å². The molecule has 4 heterocycles. The van der Waals surface area contributed by atoms with Crippen molar-refractivity contribution in [2.24, 2.45) is 0 Å². The van der Waals surface area contributed by atoms with Crippen molar-refractivity contribution in [1.82, 2.24) is 4.90 Å². The molecular weight excluding hydrogens is 374 g/mol. The first-order chi connectivity index (χ1) is 12.9. The first-order valence-corrected chi connectivity index (χ1v) is 9.96. The quantitative estimate of drug-likeness (QED) is 0.818. The molecule has 9 heteroatoms. The van der Waals surface area contributed by atoms with Gasteiger partial charge in [0, 0.05) is 0 Å². The molecule has 0 saturated carbocycles. The molecule has 1 amide bonds. The molecule has 0 spiro atoms. The molecule has 1 N–H and O–H groups in total. The van der Waals surface area contributed by atoms with E-state index < -0.39 is 30.4 Å². The van der Waals surface area contributed by atoms with E-state index in [4.69, 9.17) is 23.7 Å². The number of fused-ring (bicyclic) bond motifs is 2. The standard InChI is InChI=1S/C18H21NO7S/c1-18(2)25-15-14(21)12(24-17(15)26-18)6-19-13(20)7-27-16(19)9-3-4-10-11(5-9)23-8-22-10/h3-5,12,14-17,21H,6-8H2,1-2H3/t12-,14+,15-,16+,17-/m1/s1. The van der Waals surface area contributed by atoms with Crippen molar-refractivity contribution in [3.63, 3.8) is 0 Å². The lowest BCUT2D eigenvalue weighted by atomic mass is 10.1. The Labute approximate surface area is 160 Å². The van der Waals surface area contributed by atoms with E-state index in [1.165, 1.54) is 0 Å². The van der Waals surface area contributed by atoms with Crippen molar-refractivity contribution < 1.29 is 33.6 Å². The Bertz CT molecular complexity index is 772. The van der Waals surface area contributed by atoms with Crippen LogP contribution in [0.2, 0.25) is 0 Å². The van der Waals surface area contributed by atoms with Crippen LogP contribution in [0.5, 0.6) is 11.5 Å². The van der Waals surface area contributed by atoms with Gasteiger partial charge in [-0.15, -0.1) is 11.8 Å². The van der Waals surface area contributed by atoms with Crippen LogP contribution < -0.4 is 9.47 Å². The molecule has 0 aliphatic carbocycles. The van der Waals surface area contributed by atoms with E-state index in [9.17, 15) is 9.90 Å². The summed E-state index contributed by atoms with van der Waals surface area (Å²) in [4.78, 5) is 14.2. The minimum absolute atomic E-state index is 0.0118. The van der Waals surface area contributed by atoms with Gasteiger partial charge < -0.3 is 33.7 Å². The molecule has 5 rings (SSSR count). The topological polar surface area (TPSA) is 86.7 Å². The molecule has 4 aliphatic heterocycles. The van der Waals surface area contributed by atoms with E-state index in [1.54, 1.807) is 30.5 Å². The van der Waals surface area contributed by atoms with Gasteiger partial charge in [0.05, 0.1) is 12.3 Å². The highest BCUT2D eigenvalue weighted by Gasteiger charge is 2.55. The lowest BCUT2D eigenvalue weighted by molar-refractivity contribution is -0.216. The Kier molecular flexibility index (Phi) is 4.07. The zero-order chi connectivity index (χ0) is 18.8. The number of nitrogens with zero attached hydrogens (tertiary/aromatic N) is 1. The summed E-state index contributed by atoms with van der Waals surface area (Å²) in [6.07, 6.45) is -2.57. The maximum Gasteiger partial charge on any atom is 0.233 e. The summed E-state index contributed by atoms with van der Waals surface area (Å²) in [5.74, 6) is 1.00. The van der Waals surface area contributed by atoms with Crippen LogP contribution in [0, 0.1) is 0 Å². The molecule has 8 nitrogen and oxygen atoms in total. The number of hydrogen-bond acceptors (Lipinski definition) is 8. The molecule has 0 aromatic heterocycles. The predicted molar refractivity (Wildman–Crippen MR) is 94.2 cm³/mol. The Morgan fingerprint density at radius 3 is 2.89 bits per heavy atom. The first-order valence-electron chi connectivity index (χ1n) is 8.91. The molecule has 3 saturated heterocycles. The highest BCUT2D eigenvalue weighted by molar-refractivity contribution is 8.00. The van der Waals surface area contributed by atoms with Crippen LogP contribution in [0.25, 0.3) is 0 Å². The van der Waals surface area contributed by atoms with Crippen molar-refractivity contribution >= 4 is 17.7 Å². The molecule has 3 fully saturated rings. The smallest absolute Gasteiger partial charge is 0.233 e. The van der Waals surface area contributed by atoms with Crippen molar-refractivity contribution in [3.05, 3.63) is 23.8 Å². The SMILES string of the molecule is CC1(C)O[C@H]2O[C@H](CN3C(=O)CS[C@H]3c3ccc4c(c3)OCO4)[C@H](O)[C@H]2O1. The van der Waals surface area contributed by atoms with Crippen LogP contribution in [0.15, 0.2) is 18.2 Å². The van der Waals surface area contributed by atoms with Gasteiger partial charge in [-0.2, -0.15) is 0 Å². The van der Waals surface area contributed by atoms with Gasteiger partial charge in [0.2, 0.25) is 12.7 Å². The molecule has 146 valence electrons. The summed E-state index contributed by atoms with van der Waals surface area (Å²) in [6, 6.07) is 5.70. The number of carbonyl (C=O) groups is 1. The number of amides is 1. The predicted octanol–water partition coefficient (Wildman–Crippen LogP) is 1.23. The molecule has 0 radical (unpaired) electrons. The van der Waals surface area contributed by atoms with Crippen LogP contribution in [0.4, 0.5) is 0 Å². The molecular formula is C18H21NO7S. The lowest BCUT2D eigenvalue weighted by Crippen LogP contribution is -2.43. The third-order valence-electron chi connectivity index (χ3n) is 5.14. The van der Waals surface area contributed by atoms with Crippen LogP contribution in [-0.4, -0.2) is 65.4 Å². The molecule has 0 bridgehead atoms. The minimum atomic E-state index is -0.854. The summed E-state index contributed by atoms with van der Waals surface area (Å²) in [5.41, 5.74) is 0.955. The summed E-state index contributed by atoms with van der Waals surface area (Å²) >= 11 is 1.54. The maximum atomic E-state index is 12.5. The fourth-order valence-electron chi connectivity index (χ4n) is 3.90. The number of rotatable bonds is 3. The molecule has 5 atom stereocenters. The van der Waals surface area contributed by atoms with E-state index in [2.05, 4.69) is 0 Å². The Hall–Kier alpha value is -1.52. The average Bonchev–Trinajstić information content (AvgIpc) is 3.35. The van der Waals surface area contributed by atoms with Crippen LogP contribution in [0.3, 0.4) is 0 Å². The molecule has 0 unspecified atom stereocenters. The summed E-state index contributed by atoms with van der Waals surface area (Å²) in [6.45, 7) is 4.05. The van der Waals surface area contributed by atoms with E-state index in [0.717, 1.165) is 5.56 Å². The van der Waals surface area contributed by atoms with Crippen molar-refractivity contribution in [2.75, 3.05) is 19.1 Å². The lowest BCUT2D eigenvalue weighted by Gasteiger charge is -2.29. The summed E-state index contributed by atoms with van der Waals surface area (Å²) < 4.78 is 28.1. The highest BCUT2D eigenvalue weighted by atomic mass is 32.2. The third kappa shape index (κ3) is 2.98. The third-order valence-corrected chi connectivity index (χ3v) is 6.40. The molecule has 27 heavy (non-hydrogen) atoms. The van der Waals surface area contributed by atoms with E-state index in [0.29, 0.717) is 17.3 Å². The fraction of sp³-hybridized carbons (Fsp3) is 0.611. The molecule has 4 aliphatic rings. The van der Waals surface area contributed by atoms with Gasteiger partial charge in [0.25, 0.3) is 0 Å². The maximum absolute atomic E-state index is 12.5. The minimum Gasteiger partial charge on any atom is -0.454 e. The number of ether oxygens (including phenoxy) is 5. The number of aliphatic hydroxyl groups excluding tert-OH is 1.